The quantitative estimate of drug-likeness (QED) is 0.400. The summed E-state index contributed by atoms with van der Waals surface area (Å²) in [6.45, 7) is -1.08. The van der Waals surface area contributed by atoms with Crippen molar-refractivity contribution in [3.05, 3.63) is 95.3 Å². The highest BCUT2D eigenvalue weighted by Crippen LogP contribution is 2.35. The largest absolute Gasteiger partial charge is 0.457 e. The van der Waals surface area contributed by atoms with E-state index in [1.807, 2.05) is 0 Å². The third-order valence-corrected chi connectivity index (χ3v) is 4.70. The number of alkyl halides is 6. The van der Waals surface area contributed by atoms with Crippen LogP contribution in [0.4, 0.5) is 30.7 Å². The Morgan fingerprint density at radius 3 is 2.12 bits per heavy atom. The topological polar surface area (TPSA) is 41.5 Å². The minimum absolute atomic E-state index is 0.135. The van der Waals surface area contributed by atoms with Crippen LogP contribution < -0.4 is 10.1 Å². The number of para-hydroxylation sites is 1. The standard InChI is InChI=1S/C23H18F7NO2/c24-19-10-9-15(22(25,26)27)12-18(19)21(31-13-20(32)23(28,29)30)14-5-4-8-17(11-14)33-16-6-2-1-3-7-16/h1-12,20-21,31-32H,13H2/t20-,21?/m1/s1. The maximum absolute atomic E-state index is 14.6. The van der Waals surface area contributed by atoms with Gasteiger partial charge in [-0.3, -0.25) is 0 Å². The van der Waals surface area contributed by atoms with Gasteiger partial charge in [0.25, 0.3) is 0 Å². The molecule has 10 heteroatoms. The summed E-state index contributed by atoms with van der Waals surface area (Å²) < 4.78 is 98.1. The van der Waals surface area contributed by atoms with Crippen molar-refractivity contribution in [1.29, 1.82) is 0 Å². The molecule has 1 unspecified atom stereocenters. The number of hydrogen-bond acceptors (Lipinski definition) is 3. The van der Waals surface area contributed by atoms with Crippen molar-refractivity contribution in [1.82, 2.24) is 5.32 Å². The van der Waals surface area contributed by atoms with Crippen molar-refractivity contribution in [2.24, 2.45) is 0 Å². The van der Waals surface area contributed by atoms with Crippen LogP contribution >= 0.6 is 0 Å². The average Bonchev–Trinajstić information content (AvgIpc) is 2.74. The molecule has 2 atom stereocenters. The van der Waals surface area contributed by atoms with Gasteiger partial charge in [0, 0.05) is 12.1 Å². The zero-order chi connectivity index (χ0) is 24.2. The van der Waals surface area contributed by atoms with Crippen LogP contribution in [0.2, 0.25) is 0 Å². The molecule has 3 aromatic rings. The van der Waals surface area contributed by atoms with Gasteiger partial charge in [-0.05, 0) is 48.0 Å². The molecule has 0 bridgehead atoms. The molecule has 0 aliphatic heterocycles. The predicted molar refractivity (Wildman–Crippen MR) is 106 cm³/mol. The summed E-state index contributed by atoms with van der Waals surface area (Å²) in [6.07, 6.45) is -12.6. The second-order valence-corrected chi connectivity index (χ2v) is 7.12. The van der Waals surface area contributed by atoms with Gasteiger partial charge in [-0.1, -0.05) is 30.3 Å². The maximum Gasteiger partial charge on any atom is 0.416 e. The highest BCUT2D eigenvalue weighted by molar-refractivity contribution is 5.41. The molecule has 33 heavy (non-hydrogen) atoms. The smallest absolute Gasteiger partial charge is 0.416 e. The number of ether oxygens (including phenoxy) is 1. The van der Waals surface area contributed by atoms with Crippen molar-refractivity contribution in [2.75, 3.05) is 6.54 Å². The summed E-state index contributed by atoms with van der Waals surface area (Å²) in [6, 6.07) is 14.4. The van der Waals surface area contributed by atoms with Crippen LogP contribution in [0, 0.1) is 5.82 Å². The Morgan fingerprint density at radius 2 is 1.48 bits per heavy atom. The van der Waals surface area contributed by atoms with Crippen molar-refractivity contribution in [3.63, 3.8) is 0 Å². The third kappa shape index (κ3) is 6.45. The Hall–Kier alpha value is -3.11. The third-order valence-electron chi connectivity index (χ3n) is 4.70. The lowest BCUT2D eigenvalue weighted by Gasteiger charge is -2.24. The van der Waals surface area contributed by atoms with Crippen LogP contribution in [0.3, 0.4) is 0 Å². The molecular weight excluding hydrogens is 455 g/mol. The van der Waals surface area contributed by atoms with Crippen LogP contribution in [0.25, 0.3) is 0 Å². The first kappa shape index (κ1) is 24.5. The van der Waals surface area contributed by atoms with Gasteiger partial charge in [0.1, 0.15) is 17.3 Å². The molecule has 2 N–H and O–H groups in total. The molecule has 0 fully saturated rings. The van der Waals surface area contributed by atoms with E-state index in [0.717, 1.165) is 0 Å². The number of aliphatic hydroxyl groups is 1. The molecule has 0 radical (unpaired) electrons. The van der Waals surface area contributed by atoms with Gasteiger partial charge in [-0.2, -0.15) is 26.3 Å². The SMILES string of the molecule is O[C@H](CNC(c1cccc(Oc2ccccc2)c1)c1cc(C(F)(F)F)ccc1F)C(F)(F)F. The predicted octanol–water partition coefficient (Wildman–Crippen LogP) is 6.24. The first-order valence-corrected chi connectivity index (χ1v) is 9.63. The second-order valence-electron chi connectivity index (χ2n) is 7.12. The molecule has 0 spiro atoms. The Morgan fingerprint density at radius 1 is 0.818 bits per heavy atom. The van der Waals surface area contributed by atoms with Crippen molar-refractivity contribution in [3.8, 4) is 11.5 Å². The highest BCUT2D eigenvalue weighted by atomic mass is 19.4. The number of benzene rings is 3. The normalized spacial score (nSPS) is 14.1. The molecule has 3 aromatic carbocycles. The monoisotopic (exact) mass is 473 g/mol. The summed E-state index contributed by atoms with van der Waals surface area (Å²) in [5, 5.41) is 11.7. The molecule has 0 aliphatic rings. The Labute approximate surface area is 184 Å². The minimum Gasteiger partial charge on any atom is -0.457 e. The minimum atomic E-state index is -4.97. The van der Waals surface area contributed by atoms with Gasteiger partial charge in [-0.25, -0.2) is 4.39 Å². The van der Waals surface area contributed by atoms with E-state index < -0.39 is 48.0 Å². The lowest BCUT2D eigenvalue weighted by molar-refractivity contribution is -0.202. The fourth-order valence-corrected chi connectivity index (χ4v) is 3.08. The van der Waals surface area contributed by atoms with Gasteiger partial charge in [0.15, 0.2) is 6.10 Å². The number of halogens is 7. The molecule has 0 saturated heterocycles. The molecule has 3 rings (SSSR count). The molecule has 0 heterocycles. The lowest BCUT2D eigenvalue weighted by Crippen LogP contribution is -2.40. The number of nitrogens with one attached hydrogen (secondary N) is 1. The molecule has 0 aliphatic carbocycles. The molecule has 0 saturated carbocycles. The van der Waals surface area contributed by atoms with Crippen LogP contribution in [-0.2, 0) is 6.18 Å². The van der Waals surface area contributed by atoms with E-state index in [1.54, 1.807) is 30.3 Å². The van der Waals surface area contributed by atoms with Crippen LogP contribution in [0.5, 0.6) is 11.5 Å². The van der Waals surface area contributed by atoms with E-state index in [9.17, 15) is 35.8 Å². The van der Waals surface area contributed by atoms with E-state index in [-0.39, 0.29) is 11.3 Å². The number of rotatable bonds is 7. The summed E-state index contributed by atoms with van der Waals surface area (Å²) in [7, 11) is 0. The van der Waals surface area contributed by atoms with Crippen LogP contribution in [-0.4, -0.2) is 23.9 Å². The first-order valence-electron chi connectivity index (χ1n) is 9.63. The molecule has 176 valence electrons. The highest BCUT2D eigenvalue weighted by Gasteiger charge is 2.39. The summed E-state index contributed by atoms with van der Waals surface area (Å²) >= 11 is 0. The Kier molecular flexibility index (Phi) is 7.28. The molecule has 3 nitrogen and oxygen atoms in total. The zero-order valence-electron chi connectivity index (χ0n) is 16.8. The van der Waals surface area contributed by atoms with E-state index in [4.69, 9.17) is 4.74 Å². The fourth-order valence-electron chi connectivity index (χ4n) is 3.08. The average molecular weight is 473 g/mol. The van der Waals surface area contributed by atoms with Crippen LogP contribution in [0.15, 0.2) is 72.8 Å². The Bertz CT molecular complexity index is 1070. The van der Waals surface area contributed by atoms with Gasteiger partial charge in [0.05, 0.1) is 11.6 Å². The summed E-state index contributed by atoms with van der Waals surface area (Å²) in [5.41, 5.74) is -1.56. The summed E-state index contributed by atoms with van der Waals surface area (Å²) in [5.74, 6) is -0.387. The Balaban J connectivity index is 2.00. The zero-order valence-corrected chi connectivity index (χ0v) is 16.8. The summed E-state index contributed by atoms with van der Waals surface area (Å²) in [4.78, 5) is 0. The van der Waals surface area contributed by atoms with Crippen molar-refractivity contribution < 1.29 is 40.6 Å². The molecule has 0 amide bonds. The van der Waals surface area contributed by atoms with Crippen LogP contribution in [0.1, 0.15) is 22.7 Å². The lowest BCUT2D eigenvalue weighted by atomic mass is 9.95. The maximum atomic E-state index is 14.6. The van der Waals surface area contributed by atoms with Gasteiger partial charge < -0.3 is 15.2 Å². The van der Waals surface area contributed by atoms with Gasteiger partial charge in [-0.15, -0.1) is 0 Å². The fraction of sp³-hybridized carbons (Fsp3) is 0.217. The van der Waals surface area contributed by atoms with Crippen molar-refractivity contribution in [2.45, 2.75) is 24.5 Å². The van der Waals surface area contributed by atoms with Gasteiger partial charge >= 0.3 is 12.4 Å². The van der Waals surface area contributed by atoms with E-state index in [2.05, 4.69) is 5.32 Å². The molecular formula is C23H18F7NO2. The number of aliphatic hydroxyl groups excluding tert-OH is 1. The second kappa shape index (κ2) is 9.80. The van der Waals surface area contributed by atoms with E-state index in [1.165, 1.54) is 24.3 Å². The van der Waals surface area contributed by atoms with Crippen molar-refractivity contribution >= 4 is 0 Å². The number of hydrogen-bond donors (Lipinski definition) is 2. The van der Waals surface area contributed by atoms with Gasteiger partial charge in [0.2, 0.25) is 0 Å². The van der Waals surface area contributed by atoms with E-state index >= 15 is 0 Å². The first-order chi connectivity index (χ1) is 15.4. The van der Waals surface area contributed by atoms with E-state index in [0.29, 0.717) is 23.9 Å². The molecule has 0 aromatic heterocycles.